The van der Waals surface area contributed by atoms with Crippen molar-refractivity contribution >= 4 is 5.97 Å². The highest BCUT2D eigenvalue weighted by atomic mass is 16.5. The smallest absolute Gasteiger partial charge is 0.330 e. The molecule has 1 aromatic carbocycles. The van der Waals surface area contributed by atoms with Gasteiger partial charge in [0.25, 0.3) is 0 Å². The van der Waals surface area contributed by atoms with Crippen LogP contribution in [0.2, 0.25) is 0 Å². The fourth-order valence-corrected chi connectivity index (χ4v) is 3.52. The van der Waals surface area contributed by atoms with E-state index >= 15 is 0 Å². The van der Waals surface area contributed by atoms with Crippen LogP contribution in [0.5, 0.6) is 0 Å². The number of rotatable bonds is 13. The standard InChI is InChI=1S/C26H41NO2/c1-7-21(5)16-24(18-25(8-2)27-20(3)4)17-22(6)14-15-26(28)29-19-23-12-10-9-11-13-23/h9-16,20,22,24-25,27H,7-8,17-19H2,1-6H3/b15-14+,21-16+/t22?,24?,25-/m1/s1. The Morgan fingerprint density at radius 1 is 1.10 bits per heavy atom. The van der Waals surface area contributed by atoms with Crippen LogP contribution in [0.4, 0.5) is 0 Å². The van der Waals surface area contributed by atoms with Crippen LogP contribution in [0.15, 0.2) is 54.1 Å². The molecule has 0 spiro atoms. The van der Waals surface area contributed by atoms with Crippen LogP contribution in [0, 0.1) is 11.8 Å². The van der Waals surface area contributed by atoms with E-state index in [9.17, 15) is 4.79 Å². The van der Waals surface area contributed by atoms with Gasteiger partial charge in [-0.3, -0.25) is 0 Å². The average molecular weight is 400 g/mol. The number of ether oxygens (including phenoxy) is 1. The minimum Gasteiger partial charge on any atom is -0.458 e. The molecule has 1 aromatic rings. The van der Waals surface area contributed by atoms with E-state index in [-0.39, 0.29) is 5.97 Å². The fourth-order valence-electron chi connectivity index (χ4n) is 3.52. The minimum absolute atomic E-state index is 0.273. The van der Waals surface area contributed by atoms with Gasteiger partial charge in [-0.1, -0.05) is 82.7 Å². The first-order valence-corrected chi connectivity index (χ1v) is 11.2. The van der Waals surface area contributed by atoms with Gasteiger partial charge >= 0.3 is 5.97 Å². The monoisotopic (exact) mass is 399 g/mol. The molecule has 162 valence electrons. The third-order valence-corrected chi connectivity index (χ3v) is 5.19. The number of nitrogens with one attached hydrogen (secondary N) is 1. The summed E-state index contributed by atoms with van der Waals surface area (Å²) in [7, 11) is 0. The van der Waals surface area contributed by atoms with Gasteiger partial charge in [0.15, 0.2) is 0 Å². The second kappa shape index (κ2) is 14.2. The number of carbonyl (C=O) groups excluding carboxylic acids is 1. The number of carbonyl (C=O) groups is 1. The van der Waals surface area contributed by atoms with Crippen molar-refractivity contribution in [2.24, 2.45) is 11.8 Å². The van der Waals surface area contributed by atoms with E-state index in [1.807, 2.05) is 36.4 Å². The minimum atomic E-state index is -0.273. The Morgan fingerprint density at radius 2 is 1.79 bits per heavy atom. The maximum absolute atomic E-state index is 12.0. The molecule has 0 aliphatic rings. The Morgan fingerprint density at radius 3 is 2.38 bits per heavy atom. The van der Waals surface area contributed by atoms with Gasteiger partial charge in [0, 0.05) is 18.2 Å². The number of hydrogen-bond donors (Lipinski definition) is 1. The second-order valence-electron chi connectivity index (χ2n) is 8.45. The molecule has 0 heterocycles. The van der Waals surface area contributed by atoms with Gasteiger partial charge in [0.1, 0.15) is 6.61 Å². The molecule has 0 radical (unpaired) electrons. The number of benzene rings is 1. The van der Waals surface area contributed by atoms with Crippen molar-refractivity contribution in [2.75, 3.05) is 0 Å². The zero-order chi connectivity index (χ0) is 21.6. The van der Waals surface area contributed by atoms with Crippen molar-refractivity contribution < 1.29 is 9.53 Å². The molecule has 29 heavy (non-hydrogen) atoms. The molecule has 2 unspecified atom stereocenters. The van der Waals surface area contributed by atoms with Crippen LogP contribution in [0.25, 0.3) is 0 Å². The summed E-state index contributed by atoms with van der Waals surface area (Å²) in [6.45, 7) is 13.6. The number of hydrogen-bond acceptors (Lipinski definition) is 3. The quantitative estimate of drug-likeness (QED) is 0.235. The summed E-state index contributed by atoms with van der Waals surface area (Å²) >= 11 is 0. The topological polar surface area (TPSA) is 38.3 Å². The predicted molar refractivity (Wildman–Crippen MR) is 124 cm³/mol. The van der Waals surface area contributed by atoms with E-state index in [1.165, 1.54) is 5.57 Å². The molecule has 0 saturated heterocycles. The van der Waals surface area contributed by atoms with Gasteiger partial charge in [0.2, 0.25) is 0 Å². The van der Waals surface area contributed by atoms with Crippen LogP contribution in [0.1, 0.15) is 72.8 Å². The lowest BCUT2D eigenvalue weighted by Gasteiger charge is -2.25. The summed E-state index contributed by atoms with van der Waals surface area (Å²) in [5.41, 5.74) is 2.44. The molecule has 0 aliphatic carbocycles. The fraction of sp³-hybridized carbons (Fsp3) is 0.577. The molecule has 0 bridgehead atoms. The first kappa shape index (κ1) is 25.2. The van der Waals surface area contributed by atoms with Crippen molar-refractivity contribution in [1.29, 1.82) is 0 Å². The van der Waals surface area contributed by atoms with E-state index in [4.69, 9.17) is 4.74 Å². The Kier molecular flexibility index (Phi) is 12.3. The third-order valence-electron chi connectivity index (χ3n) is 5.19. The molecule has 0 aliphatic heterocycles. The highest BCUT2D eigenvalue weighted by Gasteiger charge is 2.16. The average Bonchev–Trinajstić information content (AvgIpc) is 2.70. The lowest BCUT2D eigenvalue weighted by molar-refractivity contribution is -0.139. The zero-order valence-corrected chi connectivity index (χ0v) is 19.3. The zero-order valence-electron chi connectivity index (χ0n) is 19.3. The molecule has 3 atom stereocenters. The molecule has 1 N–H and O–H groups in total. The predicted octanol–water partition coefficient (Wildman–Crippen LogP) is 6.45. The van der Waals surface area contributed by atoms with Crippen LogP contribution < -0.4 is 5.32 Å². The van der Waals surface area contributed by atoms with Crippen molar-refractivity contribution in [3.63, 3.8) is 0 Å². The van der Waals surface area contributed by atoms with Gasteiger partial charge in [-0.25, -0.2) is 4.79 Å². The summed E-state index contributed by atoms with van der Waals surface area (Å²) in [6, 6.07) is 10.8. The van der Waals surface area contributed by atoms with Crippen LogP contribution in [0.3, 0.4) is 0 Å². The summed E-state index contributed by atoms with van der Waals surface area (Å²) in [5.74, 6) is 0.554. The number of allylic oxidation sites excluding steroid dienone is 3. The van der Waals surface area contributed by atoms with Gasteiger partial charge < -0.3 is 10.1 Å². The largest absolute Gasteiger partial charge is 0.458 e. The normalized spacial score (nSPS) is 15.5. The lowest BCUT2D eigenvalue weighted by atomic mass is 9.87. The van der Waals surface area contributed by atoms with Crippen molar-refractivity contribution in [3.8, 4) is 0 Å². The summed E-state index contributed by atoms with van der Waals surface area (Å²) in [5, 5.41) is 3.69. The molecule has 3 heteroatoms. The SMILES string of the molecule is CC/C(C)=C/C(CC(C)/C=C/C(=O)OCc1ccccc1)C[C@@H](CC)NC(C)C. The summed E-state index contributed by atoms with van der Waals surface area (Å²) in [4.78, 5) is 12.0. The Hall–Kier alpha value is -1.87. The molecule has 0 saturated carbocycles. The van der Waals surface area contributed by atoms with E-state index < -0.39 is 0 Å². The highest BCUT2D eigenvalue weighted by molar-refractivity contribution is 5.81. The van der Waals surface area contributed by atoms with Crippen LogP contribution >= 0.6 is 0 Å². The summed E-state index contributed by atoms with van der Waals surface area (Å²) in [6.07, 6.45) is 10.4. The van der Waals surface area contributed by atoms with Crippen molar-refractivity contribution in [3.05, 3.63) is 59.7 Å². The molecule has 1 rings (SSSR count). The molecule has 0 fully saturated rings. The second-order valence-corrected chi connectivity index (χ2v) is 8.45. The molecule has 3 nitrogen and oxygen atoms in total. The van der Waals surface area contributed by atoms with Gasteiger partial charge in [-0.05, 0) is 50.0 Å². The Balaban J connectivity index is 2.61. The van der Waals surface area contributed by atoms with E-state index in [0.717, 1.165) is 31.2 Å². The summed E-state index contributed by atoms with van der Waals surface area (Å²) < 4.78 is 5.34. The number of esters is 1. The van der Waals surface area contributed by atoms with E-state index in [0.29, 0.717) is 30.5 Å². The van der Waals surface area contributed by atoms with E-state index in [2.05, 4.69) is 52.9 Å². The molecule has 0 amide bonds. The molecular formula is C26H41NO2. The van der Waals surface area contributed by atoms with Gasteiger partial charge in [-0.2, -0.15) is 0 Å². The molecule has 0 aromatic heterocycles. The third kappa shape index (κ3) is 11.7. The van der Waals surface area contributed by atoms with Gasteiger partial charge in [0.05, 0.1) is 0 Å². The van der Waals surface area contributed by atoms with Crippen LogP contribution in [-0.2, 0) is 16.1 Å². The molecular weight excluding hydrogens is 358 g/mol. The Bertz CT molecular complexity index is 633. The van der Waals surface area contributed by atoms with Crippen LogP contribution in [-0.4, -0.2) is 18.1 Å². The highest BCUT2D eigenvalue weighted by Crippen LogP contribution is 2.23. The van der Waals surface area contributed by atoms with E-state index in [1.54, 1.807) is 6.08 Å². The first-order chi connectivity index (χ1) is 13.8. The maximum atomic E-state index is 12.0. The van der Waals surface area contributed by atoms with Crippen molar-refractivity contribution in [2.45, 2.75) is 85.9 Å². The lowest BCUT2D eigenvalue weighted by Crippen LogP contribution is -2.35. The maximum Gasteiger partial charge on any atom is 0.330 e. The van der Waals surface area contributed by atoms with Gasteiger partial charge in [-0.15, -0.1) is 0 Å². The first-order valence-electron chi connectivity index (χ1n) is 11.2. The Labute approximate surface area is 178 Å². The van der Waals surface area contributed by atoms with Crippen molar-refractivity contribution in [1.82, 2.24) is 5.32 Å².